The maximum atomic E-state index is 10.4. The Labute approximate surface area is 88.3 Å². The third-order valence-electron chi connectivity index (χ3n) is 2.30. The summed E-state index contributed by atoms with van der Waals surface area (Å²) in [7, 11) is 0. The second-order valence-electron chi connectivity index (χ2n) is 3.63. The zero-order valence-electron chi connectivity index (χ0n) is 8.27. The summed E-state index contributed by atoms with van der Waals surface area (Å²) in [6, 6.07) is 7.36. The molecule has 0 radical (unpaired) electrons. The average molecular weight is 201 g/mol. The molecule has 0 heterocycles. The minimum absolute atomic E-state index is 0.267. The van der Waals surface area contributed by atoms with E-state index in [1.807, 2.05) is 0 Å². The van der Waals surface area contributed by atoms with Gasteiger partial charge in [-0.1, -0.05) is 6.07 Å². The van der Waals surface area contributed by atoms with Gasteiger partial charge in [-0.3, -0.25) is 0 Å². The minimum atomic E-state index is 0.267. The Morgan fingerprint density at radius 1 is 1.53 bits per heavy atom. The molecule has 1 fully saturated rings. The highest BCUT2D eigenvalue weighted by Gasteiger charge is 2.24. The fraction of sp³-hybridized carbons (Fsp3) is 0.333. The van der Waals surface area contributed by atoms with Gasteiger partial charge in [-0.15, -0.1) is 0 Å². The topological polar surface area (TPSA) is 50.1 Å². The highest BCUT2D eigenvalue weighted by Crippen LogP contribution is 2.29. The van der Waals surface area contributed by atoms with Gasteiger partial charge in [-0.05, 0) is 30.5 Å². The first-order valence-electron chi connectivity index (χ1n) is 4.97. The van der Waals surface area contributed by atoms with Gasteiger partial charge >= 0.3 is 0 Å². The van der Waals surface area contributed by atoms with Crippen LogP contribution in [0.2, 0.25) is 0 Å². The van der Waals surface area contributed by atoms with Crippen LogP contribution in [0.1, 0.15) is 24.0 Å². The van der Waals surface area contributed by atoms with Gasteiger partial charge in [0.05, 0.1) is 11.7 Å². The summed E-state index contributed by atoms with van der Waals surface area (Å²) in [5.41, 5.74) is 1.43. The number of carbonyl (C=O) groups excluding carboxylic acids is 1. The summed E-state index contributed by atoms with van der Waals surface area (Å²) in [6.07, 6.45) is 3.60. The van der Waals surface area contributed by atoms with Crippen LogP contribution in [0.15, 0.2) is 18.2 Å². The van der Waals surface area contributed by atoms with Crippen LogP contribution in [0.3, 0.4) is 0 Å². The third-order valence-corrected chi connectivity index (χ3v) is 2.30. The summed E-state index contributed by atoms with van der Waals surface area (Å²) < 4.78 is 5.60. The minimum Gasteiger partial charge on any atom is -0.489 e. The average Bonchev–Trinajstić information content (AvgIpc) is 3.03. The number of rotatable bonds is 4. The molecule has 1 aliphatic carbocycles. The predicted octanol–water partition coefficient (Wildman–Crippen LogP) is 1.84. The number of nitrogens with zero attached hydrogens (tertiary/aromatic N) is 1. The van der Waals surface area contributed by atoms with E-state index in [0.717, 1.165) is 24.7 Å². The standard InChI is InChI=1S/C12H11NO2/c13-8-10-2-1-9(5-6-14)7-12(10)15-11-3-4-11/h1-2,6-7,11H,3-5H2. The van der Waals surface area contributed by atoms with Gasteiger partial charge < -0.3 is 9.53 Å². The van der Waals surface area contributed by atoms with E-state index in [1.165, 1.54) is 0 Å². The molecule has 0 N–H and O–H groups in total. The molecular weight excluding hydrogens is 190 g/mol. The van der Waals surface area contributed by atoms with Gasteiger partial charge in [0, 0.05) is 6.42 Å². The number of hydrogen-bond acceptors (Lipinski definition) is 3. The SMILES string of the molecule is N#Cc1ccc(CC=O)cc1OC1CC1. The van der Waals surface area contributed by atoms with Crippen molar-refractivity contribution < 1.29 is 9.53 Å². The molecule has 15 heavy (non-hydrogen) atoms. The lowest BCUT2D eigenvalue weighted by atomic mass is 10.1. The molecule has 0 amide bonds. The summed E-state index contributed by atoms with van der Waals surface area (Å²) in [6.45, 7) is 0. The zero-order chi connectivity index (χ0) is 10.7. The van der Waals surface area contributed by atoms with Gasteiger partial charge in [0.15, 0.2) is 0 Å². The number of carbonyl (C=O) groups is 1. The van der Waals surface area contributed by atoms with Gasteiger partial charge in [-0.25, -0.2) is 0 Å². The van der Waals surface area contributed by atoms with Gasteiger partial charge in [0.2, 0.25) is 0 Å². The van der Waals surface area contributed by atoms with Crippen molar-refractivity contribution in [1.82, 2.24) is 0 Å². The first kappa shape index (κ1) is 9.72. The van der Waals surface area contributed by atoms with Crippen molar-refractivity contribution in [3.63, 3.8) is 0 Å². The molecule has 0 aliphatic heterocycles. The lowest BCUT2D eigenvalue weighted by Gasteiger charge is -2.07. The van der Waals surface area contributed by atoms with E-state index in [9.17, 15) is 4.79 Å². The van der Waals surface area contributed by atoms with E-state index in [0.29, 0.717) is 17.7 Å². The molecule has 1 saturated carbocycles. The van der Waals surface area contributed by atoms with Gasteiger partial charge in [-0.2, -0.15) is 5.26 Å². The molecule has 1 aromatic carbocycles. The van der Waals surface area contributed by atoms with E-state index in [2.05, 4.69) is 6.07 Å². The van der Waals surface area contributed by atoms with Crippen LogP contribution in [0, 0.1) is 11.3 Å². The Morgan fingerprint density at radius 2 is 2.33 bits per heavy atom. The van der Waals surface area contributed by atoms with Crippen molar-refractivity contribution in [3.8, 4) is 11.8 Å². The van der Waals surface area contributed by atoms with Crippen molar-refractivity contribution in [2.75, 3.05) is 0 Å². The molecule has 3 heteroatoms. The number of hydrogen-bond donors (Lipinski definition) is 0. The third kappa shape index (κ3) is 2.35. The zero-order valence-corrected chi connectivity index (χ0v) is 8.27. The predicted molar refractivity (Wildman–Crippen MR) is 54.6 cm³/mol. The van der Waals surface area contributed by atoms with Crippen LogP contribution in [-0.2, 0) is 11.2 Å². The van der Waals surface area contributed by atoms with Gasteiger partial charge in [0.25, 0.3) is 0 Å². The van der Waals surface area contributed by atoms with Crippen LogP contribution in [0.5, 0.6) is 5.75 Å². The van der Waals surface area contributed by atoms with Crippen molar-refractivity contribution in [1.29, 1.82) is 5.26 Å². The molecule has 0 aromatic heterocycles. The first-order valence-corrected chi connectivity index (χ1v) is 4.97. The second kappa shape index (κ2) is 4.14. The van der Waals surface area contributed by atoms with Crippen LogP contribution in [0.4, 0.5) is 0 Å². The molecule has 0 saturated heterocycles. The molecular formula is C12H11NO2. The Balaban J connectivity index is 2.25. The molecule has 0 bridgehead atoms. The largest absolute Gasteiger partial charge is 0.489 e. The summed E-state index contributed by atoms with van der Waals surface area (Å²) in [5.74, 6) is 0.611. The number of benzene rings is 1. The quantitative estimate of drug-likeness (QED) is 0.698. The van der Waals surface area contributed by atoms with E-state index in [-0.39, 0.29) is 6.10 Å². The van der Waals surface area contributed by atoms with Crippen LogP contribution in [0.25, 0.3) is 0 Å². The Bertz CT molecular complexity index is 416. The molecule has 3 nitrogen and oxygen atoms in total. The summed E-state index contributed by atoms with van der Waals surface area (Å²) in [4.78, 5) is 10.4. The van der Waals surface area contributed by atoms with Crippen LogP contribution in [-0.4, -0.2) is 12.4 Å². The number of ether oxygens (including phenoxy) is 1. The normalized spacial score (nSPS) is 14.3. The summed E-state index contributed by atoms with van der Waals surface area (Å²) in [5, 5.41) is 8.87. The Kier molecular flexibility index (Phi) is 2.68. The van der Waals surface area contributed by atoms with Crippen molar-refractivity contribution in [2.24, 2.45) is 0 Å². The molecule has 0 spiro atoms. The maximum Gasteiger partial charge on any atom is 0.137 e. The fourth-order valence-corrected chi connectivity index (χ4v) is 1.35. The van der Waals surface area contributed by atoms with Crippen molar-refractivity contribution in [2.45, 2.75) is 25.4 Å². The molecule has 1 aromatic rings. The van der Waals surface area contributed by atoms with Crippen LogP contribution >= 0.6 is 0 Å². The van der Waals surface area contributed by atoms with Crippen molar-refractivity contribution >= 4 is 6.29 Å². The van der Waals surface area contributed by atoms with Crippen LogP contribution < -0.4 is 4.74 Å². The first-order chi connectivity index (χ1) is 7.33. The molecule has 2 rings (SSSR count). The Morgan fingerprint density at radius 3 is 2.93 bits per heavy atom. The fourth-order valence-electron chi connectivity index (χ4n) is 1.35. The molecule has 0 unspecified atom stereocenters. The van der Waals surface area contributed by atoms with Gasteiger partial charge in [0.1, 0.15) is 18.1 Å². The molecule has 76 valence electrons. The maximum absolute atomic E-state index is 10.4. The van der Waals surface area contributed by atoms with E-state index in [4.69, 9.17) is 10.00 Å². The monoisotopic (exact) mass is 201 g/mol. The highest BCUT2D eigenvalue weighted by molar-refractivity contribution is 5.57. The lowest BCUT2D eigenvalue weighted by molar-refractivity contribution is -0.107. The molecule has 0 atom stereocenters. The lowest BCUT2D eigenvalue weighted by Crippen LogP contribution is -1.99. The second-order valence-corrected chi connectivity index (χ2v) is 3.63. The van der Waals surface area contributed by atoms with E-state index < -0.39 is 0 Å². The Hall–Kier alpha value is -1.82. The van der Waals surface area contributed by atoms with Crippen molar-refractivity contribution in [3.05, 3.63) is 29.3 Å². The number of aldehydes is 1. The van der Waals surface area contributed by atoms with E-state index >= 15 is 0 Å². The number of nitriles is 1. The highest BCUT2D eigenvalue weighted by atomic mass is 16.5. The summed E-state index contributed by atoms with van der Waals surface area (Å²) >= 11 is 0. The molecule has 1 aliphatic rings. The smallest absolute Gasteiger partial charge is 0.137 e. The van der Waals surface area contributed by atoms with E-state index in [1.54, 1.807) is 18.2 Å².